The Morgan fingerprint density at radius 3 is 3.04 bits per heavy atom. The molecular weight excluding hydrogens is 322 g/mol. The standard InChI is InChI=1S/C18H15N3O4/c1-2-25-17(23)10-3-5-13-11(7-10)9-21(16(13)22)12-4-6-14-15(8-12)20-18(24)19-14/h3-8,12H,2,9H2,1H3,(H,20,24). The summed E-state index contributed by atoms with van der Waals surface area (Å²) in [5.74, 6) is -0.507. The zero-order valence-electron chi connectivity index (χ0n) is 13.5. The van der Waals surface area contributed by atoms with Gasteiger partial charge in [0, 0.05) is 12.1 Å². The van der Waals surface area contributed by atoms with Gasteiger partial charge < -0.3 is 15.0 Å². The number of aliphatic imine (C=N–C) groups is 1. The smallest absolute Gasteiger partial charge is 0.346 e. The molecule has 0 spiro atoms. The molecule has 1 aromatic rings. The average molecular weight is 337 g/mol. The first-order valence-corrected chi connectivity index (χ1v) is 7.98. The molecule has 7 nitrogen and oxygen atoms in total. The second-order valence-electron chi connectivity index (χ2n) is 5.88. The second kappa shape index (κ2) is 5.70. The van der Waals surface area contributed by atoms with Gasteiger partial charge in [0.1, 0.15) is 0 Å². The Labute approximate surface area is 143 Å². The van der Waals surface area contributed by atoms with Gasteiger partial charge >= 0.3 is 12.0 Å². The van der Waals surface area contributed by atoms with Crippen LogP contribution in [0.4, 0.5) is 4.79 Å². The van der Waals surface area contributed by atoms with Crippen molar-refractivity contribution in [2.45, 2.75) is 19.5 Å². The van der Waals surface area contributed by atoms with Crippen molar-refractivity contribution in [1.29, 1.82) is 0 Å². The fourth-order valence-electron chi connectivity index (χ4n) is 3.17. The van der Waals surface area contributed by atoms with Crippen molar-refractivity contribution in [1.82, 2.24) is 10.2 Å². The van der Waals surface area contributed by atoms with Gasteiger partial charge in [0.25, 0.3) is 5.91 Å². The number of hydrogen-bond donors (Lipinski definition) is 1. The van der Waals surface area contributed by atoms with Crippen molar-refractivity contribution in [3.63, 3.8) is 0 Å². The Kier molecular flexibility index (Phi) is 3.49. The molecule has 2 heterocycles. The summed E-state index contributed by atoms with van der Waals surface area (Å²) in [4.78, 5) is 41.4. The monoisotopic (exact) mass is 337 g/mol. The van der Waals surface area contributed by atoms with Gasteiger partial charge in [-0.2, -0.15) is 4.99 Å². The zero-order chi connectivity index (χ0) is 17.6. The largest absolute Gasteiger partial charge is 0.462 e. The van der Waals surface area contributed by atoms with E-state index in [0.29, 0.717) is 35.7 Å². The number of ether oxygens (including phenoxy) is 1. The molecule has 4 rings (SSSR count). The SMILES string of the molecule is CCOC(=O)c1ccc2c(c1)CN(C1C=CC3=NC(=O)NC3=C1)C2=O. The van der Waals surface area contributed by atoms with Gasteiger partial charge in [-0.25, -0.2) is 9.59 Å². The number of nitrogens with one attached hydrogen (secondary N) is 1. The molecular formula is C18H15N3O4. The number of rotatable bonds is 3. The fourth-order valence-corrected chi connectivity index (χ4v) is 3.17. The normalized spacial score (nSPS) is 20.7. The van der Waals surface area contributed by atoms with E-state index in [0.717, 1.165) is 5.56 Å². The Morgan fingerprint density at radius 1 is 1.40 bits per heavy atom. The Hall–Kier alpha value is -3.22. The molecule has 1 aliphatic carbocycles. The number of esters is 1. The van der Waals surface area contributed by atoms with Crippen LogP contribution in [0.2, 0.25) is 0 Å². The van der Waals surface area contributed by atoms with Crippen molar-refractivity contribution < 1.29 is 19.1 Å². The quantitative estimate of drug-likeness (QED) is 0.852. The molecule has 0 aromatic heterocycles. The highest BCUT2D eigenvalue weighted by molar-refractivity contribution is 6.19. The van der Waals surface area contributed by atoms with Crippen molar-refractivity contribution in [3.8, 4) is 0 Å². The molecule has 1 aromatic carbocycles. The molecule has 126 valence electrons. The molecule has 0 bridgehead atoms. The summed E-state index contributed by atoms with van der Waals surface area (Å²) in [6.07, 6.45) is 5.37. The van der Waals surface area contributed by atoms with Crippen LogP contribution in [0, 0.1) is 0 Å². The van der Waals surface area contributed by atoms with Crippen LogP contribution in [0.25, 0.3) is 0 Å². The highest BCUT2D eigenvalue weighted by atomic mass is 16.5. The van der Waals surface area contributed by atoms with Crippen LogP contribution in [-0.4, -0.2) is 41.2 Å². The number of carbonyl (C=O) groups excluding carboxylic acids is 3. The van der Waals surface area contributed by atoms with Crippen LogP contribution >= 0.6 is 0 Å². The number of fused-ring (bicyclic) bond motifs is 2. The van der Waals surface area contributed by atoms with Crippen LogP contribution in [0.3, 0.4) is 0 Å². The summed E-state index contributed by atoms with van der Waals surface area (Å²) in [6, 6.07) is 4.29. The lowest BCUT2D eigenvalue weighted by molar-refractivity contribution is 0.0526. The predicted molar refractivity (Wildman–Crippen MR) is 89.2 cm³/mol. The van der Waals surface area contributed by atoms with E-state index in [2.05, 4.69) is 10.3 Å². The van der Waals surface area contributed by atoms with E-state index in [1.54, 1.807) is 42.2 Å². The van der Waals surface area contributed by atoms with E-state index >= 15 is 0 Å². The molecule has 3 aliphatic rings. The third-order valence-electron chi connectivity index (χ3n) is 4.34. The minimum atomic E-state index is -0.401. The minimum absolute atomic E-state index is 0.110. The predicted octanol–water partition coefficient (Wildman–Crippen LogP) is 1.81. The summed E-state index contributed by atoms with van der Waals surface area (Å²) in [5, 5.41) is 2.65. The fraction of sp³-hybridized carbons (Fsp3) is 0.222. The Morgan fingerprint density at radius 2 is 2.24 bits per heavy atom. The van der Waals surface area contributed by atoms with Gasteiger partial charge in [0.2, 0.25) is 0 Å². The van der Waals surface area contributed by atoms with E-state index in [1.807, 2.05) is 6.08 Å². The number of hydrogen-bond acceptors (Lipinski definition) is 4. The number of carbonyl (C=O) groups is 3. The molecule has 0 saturated heterocycles. The average Bonchev–Trinajstić information content (AvgIpc) is 3.13. The van der Waals surface area contributed by atoms with Crippen molar-refractivity contribution in [3.05, 3.63) is 58.8 Å². The lowest BCUT2D eigenvalue weighted by Crippen LogP contribution is -2.35. The first-order valence-electron chi connectivity index (χ1n) is 7.98. The number of allylic oxidation sites excluding steroid dienone is 1. The van der Waals surface area contributed by atoms with E-state index in [-0.39, 0.29) is 11.9 Å². The van der Waals surface area contributed by atoms with E-state index < -0.39 is 12.0 Å². The topological polar surface area (TPSA) is 88.1 Å². The van der Waals surface area contributed by atoms with Gasteiger partial charge in [-0.3, -0.25) is 4.79 Å². The first kappa shape index (κ1) is 15.3. The maximum Gasteiger partial charge on any atom is 0.346 e. The molecule has 3 amide bonds. The van der Waals surface area contributed by atoms with Crippen LogP contribution in [0.5, 0.6) is 0 Å². The van der Waals surface area contributed by atoms with Crippen LogP contribution < -0.4 is 5.32 Å². The molecule has 2 aliphatic heterocycles. The maximum atomic E-state index is 12.7. The highest BCUT2D eigenvalue weighted by Gasteiger charge is 2.34. The minimum Gasteiger partial charge on any atom is -0.462 e. The molecule has 1 atom stereocenters. The number of benzene rings is 1. The van der Waals surface area contributed by atoms with Crippen molar-refractivity contribution >= 4 is 23.6 Å². The van der Waals surface area contributed by atoms with E-state index in [1.165, 1.54) is 0 Å². The molecule has 7 heteroatoms. The van der Waals surface area contributed by atoms with Crippen LogP contribution in [0.15, 0.2) is 47.1 Å². The molecule has 1 unspecified atom stereocenters. The van der Waals surface area contributed by atoms with Gasteiger partial charge in [-0.15, -0.1) is 0 Å². The summed E-state index contributed by atoms with van der Waals surface area (Å²) >= 11 is 0. The third kappa shape index (κ3) is 2.53. The van der Waals surface area contributed by atoms with Crippen LogP contribution in [0.1, 0.15) is 33.2 Å². The molecule has 0 fully saturated rings. The Bertz CT molecular complexity index is 898. The summed E-state index contributed by atoms with van der Waals surface area (Å²) < 4.78 is 5.00. The van der Waals surface area contributed by atoms with Gasteiger partial charge in [0.15, 0.2) is 0 Å². The van der Waals surface area contributed by atoms with Gasteiger partial charge in [0.05, 0.1) is 29.6 Å². The number of amides is 3. The summed E-state index contributed by atoms with van der Waals surface area (Å²) in [6.45, 7) is 2.44. The lowest BCUT2D eigenvalue weighted by Gasteiger charge is -2.25. The van der Waals surface area contributed by atoms with Crippen molar-refractivity contribution in [2.75, 3.05) is 6.61 Å². The molecule has 0 saturated carbocycles. The molecule has 1 N–H and O–H groups in total. The molecule has 25 heavy (non-hydrogen) atoms. The summed E-state index contributed by atoms with van der Waals surface area (Å²) in [5.41, 5.74) is 3.00. The van der Waals surface area contributed by atoms with Gasteiger partial charge in [-0.05, 0) is 42.8 Å². The first-order chi connectivity index (χ1) is 12.1. The van der Waals surface area contributed by atoms with E-state index in [4.69, 9.17) is 4.74 Å². The van der Waals surface area contributed by atoms with Gasteiger partial charge in [-0.1, -0.05) is 6.08 Å². The van der Waals surface area contributed by atoms with Crippen molar-refractivity contribution in [2.24, 2.45) is 4.99 Å². The van der Waals surface area contributed by atoms with E-state index in [9.17, 15) is 14.4 Å². The van der Waals surface area contributed by atoms with Crippen LogP contribution in [-0.2, 0) is 11.3 Å². The summed E-state index contributed by atoms with van der Waals surface area (Å²) in [7, 11) is 0. The second-order valence-corrected chi connectivity index (χ2v) is 5.88. The highest BCUT2D eigenvalue weighted by Crippen LogP contribution is 2.28. The zero-order valence-corrected chi connectivity index (χ0v) is 13.5. The number of urea groups is 1. The number of nitrogens with zero attached hydrogens (tertiary/aromatic N) is 2. The molecule has 0 radical (unpaired) electrons. The maximum absolute atomic E-state index is 12.7. The lowest BCUT2D eigenvalue weighted by atomic mass is 10.1. The third-order valence-corrected chi connectivity index (χ3v) is 4.34. The Balaban J connectivity index is 1.59.